The van der Waals surface area contributed by atoms with Crippen molar-refractivity contribution in [2.45, 2.75) is 19.9 Å². The summed E-state index contributed by atoms with van der Waals surface area (Å²) in [5.74, 6) is 0.416. The molecule has 3 heterocycles. The summed E-state index contributed by atoms with van der Waals surface area (Å²) in [6.07, 6.45) is 4.28. The molecule has 29 heavy (non-hydrogen) atoms. The van der Waals surface area contributed by atoms with Gasteiger partial charge in [-0.1, -0.05) is 25.1 Å². The molecule has 7 heteroatoms. The number of rotatable bonds is 5. The highest BCUT2D eigenvalue weighted by atomic mass is 15.2. The highest BCUT2D eigenvalue weighted by molar-refractivity contribution is 5.85. The Labute approximate surface area is 169 Å². The number of nitrogens with zero attached hydrogens (tertiary/aromatic N) is 6. The van der Waals surface area contributed by atoms with E-state index >= 15 is 0 Å². The normalized spacial score (nSPS) is 10.8. The van der Waals surface area contributed by atoms with Gasteiger partial charge < -0.3 is 15.2 Å². The predicted molar refractivity (Wildman–Crippen MR) is 114 cm³/mol. The molecule has 0 amide bonds. The topological polar surface area (TPSA) is 96.7 Å². The van der Waals surface area contributed by atoms with E-state index in [2.05, 4.69) is 32.8 Å². The van der Waals surface area contributed by atoms with Gasteiger partial charge in [-0.3, -0.25) is 0 Å². The third kappa shape index (κ3) is 3.48. The molecule has 2 N–H and O–H groups in total. The van der Waals surface area contributed by atoms with E-state index < -0.39 is 0 Å². The van der Waals surface area contributed by atoms with Gasteiger partial charge in [0.25, 0.3) is 0 Å². The third-order valence-electron chi connectivity index (χ3n) is 4.93. The van der Waals surface area contributed by atoms with Crippen molar-refractivity contribution in [3.63, 3.8) is 0 Å². The fourth-order valence-corrected chi connectivity index (χ4v) is 3.45. The molecule has 0 atom stereocenters. The molecular weight excluding hydrogens is 362 g/mol. The molecule has 7 nitrogen and oxygen atoms in total. The van der Waals surface area contributed by atoms with Crippen molar-refractivity contribution in [3.05, 3.63) is 71.9 Å². The first-order chi connectivity index (χ1) is 14.1. The number of hydrogen-bond donors (Lipinski definition) is 1. The second-order valence-electron chi connectivity index (χ2n) is 6.81. The lowest BCUT2D eigenvalue weighted by atomic mass is 10.1. The Morgan fingerprint density at radius 1 is 1.17 bits per heavy atom. The van der Waals surface area contributed by atoms with Crippen molar-refractivity contribution in [1.82, 2.24) is 19.5 Å². The zero-order chi connectivity index (χ0) is 20.4. The highest BCUT2D eigenvalue weighted by Crippen LogP contribution is 2.31. The molecule has 3 aromatic heterocycles. The Balaban J connectivity index is 1.83. The summed E-state index contributed by atoms with van der Waals surface area (Å²) in [5.41, 5.74) is 12.1. The first-order valence-electron chi connectivity index (χ1n) is 9.38. The summed E-state index contributed by atoms with van der Waals surface area (Å²) in [6, 6.07) is 16.0. The van der Waals surface area contributed by atoms with Crippen LogP contribution in [0.2, 0.25) is 0 Å². The minimum absolute atomic E-state index is 0.414. The number of fused-ring (bicyclic) bond motifs is 1. The summed E-state index contributed by atoms with van der Waals surface area (Å²) >= 11 is 0. The Bertz CT molecular complexity index is 1210. The van der Waals surface area contributed by atoms with Crippen LogP contribution in [0, 0.1) is 11.3 Å². The number of imidazole rings is 1. The van der Waals surface area contributed by atoms with Crippen molar-refractivity contribution in [2.24, 2.45) is 7.05 Å². The second-order valence-corrected chi connectivity index (χ2v) is 6.81. The van der Waals surface area contributed by atoms with Crippen LogP contribution in [0.4, 0.5) is 17.2 Å². The van der Waals surface area contributed by atoms with Crippen LogP contribution < -0.4 is 10.6 Å². The summed E-state index contributed by atoms with van der Waals surface area (Å²) in [6.45, 7) is 2.58. The van der Waals surface area contributed by atoms with Crippen LogP contribution in [0.1, 0.15) is 23.9 Å². The number of aromatic nitrogens is 4. The van der Waals surface area contributed by atoms with Gasteiger partial charge in [0.1, 0.15) is 17.3 Å². The fraction of sp³-hybridized carbons (Fsp3) is 0.182. The molecule has 144 valence electrons. The number of aryl methyl sites for hydroxylation is 2. The van der Waals surface area contributed by atoms with E-state index in [-0.39, 0.29) is 0 Å². The molecule has 0 fully saturated rings. The van der Waals surface area contributed by atoms with Crippen molar-refractivity contribution in [1.29, 1.82) is 5.26 Å². The zero-order valence-electron chi connectivity index (χ0n) is 16.4. The summed E-state index contributed by atoms with van der Waals surface area (Å²) in [7, 11) is 1.94. The lowest BCUT2D eigenvalue weighted by molar-refractivity contribution is 0.907. The summed E-state index contributed by atoms with van der Waals surface area (Å²) < 4.78 is 1.93. The molecule has 0 radical (unpaired) electrons. The van der Waals surface area contributed by atoms with E-state index in [4.69, 9.17) is 5.73 Å². The number of pyridine rings is 2. The number of nitrogen functional groups attached to an aromatic ring is 1. The standard InChI is InChI=1S/C22H21N7/c1-3-15-9-16(11-23)25-12-20(15)29(18-7-5-4-6-8-18)13-17-10-19-21(22(24)27-17)26-14-28(19)2/h4-10,12,14H,3,13H2,1-2H3,(H2,24,27). The highest BCUT2D eigenvalue weighted by Gasteiger charge is 2.17. The first-order valence-corrected chi connectivity index (χ1v) is 9.38. The van der Waals surface area contributed by atoms with Crippen LogP contribution in [-0.4, -0.2) is 19.5 Å². The van der Waals surface area contributed by atoms with Crippen LogP contribution in [-0.2, 0) is 20.0 Å². The monoisotopic (exact) mass is 383 g/mol. The molecule has 0 saturated heterocycles. The molecule has 1 aromatic carbocycles. The van der Waals surface area contributed by atoms with Gasteiger partial charge in [-0.05, 0) is 36.2 Å². The molecular formula is C22H21N7. The van der Waals surface area contributed by atoms with E-state index in [0.29, 0.717) is 23.6 Å². The van der Waals surface area contributed by atoms with Crippen molar-refractivity contribution >= 4 is 28.2 Å². The third-order valence-corrected chi connectivity index (χ3v) is 4.93. The lowest BCUT2D eigenvalue weighted by Gasteiger charge is -2.27. The fourth-order valence-electron chi connectivity index (χ4n) is 3.45. The van der Waals surface area contributed by atoms with Gasteiger partial charge in [-0.25, -0.2) is 15.0 Å². The first kappa shape index (κ1) is 18.4. The average molecular weight is 383 g/mol. The van der Waals surface area contributed by atoms with Gasteiger partial charge in [0.2, 0.25) is 0 Å². The van der Waals surface area contributed by atoms with Gasteiger partial charge >= 0.3 is 0 Å². The smallest absolute Gasteiger partial charge is 0.151 e. The Hall–Kier alpha value is -3.92. The van der Waals surface area contributed by atoms with E-state index in [1.54, 1.807) is 12.5 Å². The maximum absolute atomic E-state index is 9.22. The molecule has 0 spiro atoms. The largest absolute Gasteiger partial charge is 0.382 e. The number of anilines is 3. The predicted octanol–water partition coefficient (Wildman–Crippen LogP) is 3.72. The number of nitriles is 1. The average Bonchev–Trinajstić information content (AvgIpc) is 3.13. The molecule has 0 unspecified atom stereocenters. The van der Waals surface area contributed by atoms with Gasteiger partial charge in [-0.2, -0.15) is 5.26 Å². The number of para-hydroxylation sites is 1. The van der Waals surface area contributed by atoms with Crippen LogP contribution in [0.15, 0.2) is 55.0 Å². The Morgan fingerprint density at radius 2 is 1.97 bits per heavy atom. The van der Waals surface area contributed by atoms with Crippen LogP contribution in [0.5, 0.6) is 0 Å². The van der Waals surface area contributed by atoms with E-state index in [1.807, 2.05) is 54.1 Å². The minimum Gasteiger partial charge on any atom is -0.382 e. The van der Waals surface area contributed by atoms with Crippen molar-refractivity contribution in [3.8, 4) is 6.07 Å². The summed E-state index contributed by atoms with van der Waals surface area (Å²) in [4.78, 5) is 15.4. The number of nitrogens with two attached hydrogens (primary N) is 1. The van der Waals surface area contributed by atoms with Crippen LogP contribution in [0.25, 0.3) is 11.0 Å². The van der Waals surface area contributed by atoms with Gasteiger partial charge in [0.05, 0.1) is 36.0 Å². The zero-order valence-corrected chi connectivity index (χ0v) is 16.4. The number of benzene rings is 1. The van der Waals surface area contributed by atoms with Gasteiger partial charge in [-0.15, -0.1) is 0 Å². The van der Waals surface area contributed by atoms with E-state index in [0.717, 1.165) is 34.6 Å². The molecule has 0 aliphatic heterocycles. The van der Waals surface area contributed by atoms with Crippen LogP contribution in [0.3, 0.4) is 0 Å². The molecule has 4 aromatic rings. The lowest BCUT2D eigenvalue weighted by Crippen LogP contribution is -2.19. The quantitative estimate of drug-likeness (QED) is 0.564. The minimum atomic E-state index is 0.414. The van der Waals surface area contributed by atoms with Gasteiger partial charge in [0, 0.05) is 12.7 Å². The van der Waals surface area contributed by atoms with Crippen LogP contribution >= 0.6 is 0 Å². The maximum Gasteiger partial charge on any atom is 0.151 e. The molecule has 0 aliphatic carbocycles. The van der Waals surface area contributed by atoms with E-state index in [1.165, 1.54) is 0 Å². The van der Waals surface area contributed by atoms with E-state index in [9.17, 15) is 5.26 Å². The Morgan fingerprint density at radius 3 is 2.69 bits per heavy atom. The Kier molecular flexibility index (Phi) is 4.83. The van der Waals surface area contributed by atoms with Crippen molar-refractivity contribution < 1.29 is 0 Å². The SMILES string of the molecule is CCc1cc(C#N)ncc1N(Cc1cc2c(ncn2C)c(N)n1)c1ccccc1. The van der Waals surface area contributed by atoms with Gasteiger partial charge in [0.15, 0.2) is 5.82 Å². The van der Waals surface area contributed by atoms with Crippen molar-refractivity contribution in [2.75, 3.05) is 10.6 Å². The molecule has 0 aliphatic rings. The second kappa shape index (κ2) is 7.60. The maximum atomic E-state index is 9.22. The molecule has 0 bridgehead atoms. The number of hydrogen-bond acceptors (Lipinski definition) is 6. The summed E-state index contributed by atoms with van der Waals surface area (Å²) in [5, 5.41) is 9.22. The molecule has 4 rings (SSSR count). The molecule has 0 saturated carbocycles.